The average molecular weight is 408 g/mol. The standard InChI is InChI=1S/C17H22BrN5S/c1-2-19-17(21-12-15-11-14(18)13-24-15)23-9-7-22(8-10-23)16-5-3-4-6-20-16/h3-6,11,13H,2,7-10,12H2,1H3,(H,19,21). The van der Waals surface area contributed by atoms with E-state index in [-0.39, 0.29) is 0 Å². The molecule has 2 aromatic heterocycles. The molecule has 24 heavy (non-hydrogen) atoms. The van der Waals surface area contributed by atoms with Gasteiger partial charge in [0.15, 0.2) is 5.96 Å². The van der Waals surface area contributed by atoms with Crippen LogP contribution in [-0.2, 0) is 6.54 Å². The van der Waals surface area contributed by atoms with E-state index in [1.807, 2.05) is 18.3 Å². The second-order valence-corrected chi connectivity index (χ2v) is 7.47. The summed E-state index contributed by atoms with van der Waals surface area (Å²) < 4.78 is 1.13. The van der Waals surface area contributed by atoms with Gasteiger partial charge in [0.2, 0.25) is 0 Å². The average Bonchev–Trinajstić information content (AvgIpc) is 3.05. The van der Waals surface area contributed by atoms with Crippen molar-refractivity contribution in [2.75, 3.05) is 37.6 Å². The van der Waals surface area contributed by atoms with Gasteiger partial charge in [0.05, 0.1) is 6.54 Å². The van der Waals surface area contributed by atoms with Crippen LogP contribution in [0.2, 0.25) is 0 Å². The quantitative estimate of drug-likeness (QED) is 0.624. The van der Waals surface area contributed by atoms with Gasteiger partial charge in [-0.1, -0.05) is 6.07 Å². The molecule has 2 aromatic rings. The molecule has 0 saturated carbocycles. The molecular weight excluding hydrogens is 386 g/mol. The SMILES string of the molecule is CCNC(=NCc1cc(Br)cs1)N1CCN(c2ccccn2)CC1. The van der Waals surface area contributed by atoms with Crippen molar-refractivity contribution in [3.63, 3.8) is 0 Å². The monoisotopic (exact) mass is 407 g/mol. The Kier molecular flexibility index (Phi) is 6.09. The molecule has 3 rings (SSSR count). The molecule has 0 bridgehead atoms. The molecule has 1 N–H and O–H groups in total. The molecule has 128 valence electrons. The predicted molar refractivity (Wildman–Crippen MR) is 105 cm³/mol. The van der Waals surface area contributed by atoms with Gasteiger partial charge >= 0.3 is 0 Å². The van der Waals surface area contributed by atoms with Crippen LogP contribution < -0.4 is 10.2 Å². The number of halogens is 1. The minimum Gasteiger partial charge on any atom is -0.357 e. The third kappa shape index (κ3) is 4.48. The Morgan fingerprint density at radius 2 is 2.17 bits per heavy atom. The van der Waals surface area contributed by atoms with Gasteiger partial charge in [0, 0.05) is 53.7 Å². The Morgan fingerprint density at radius 3 is 2.79 bits per heavy atom. The lowest BCUT2D eigenvalue weighted by atomic mass is 10.3. The third-order valence-corrected chi connectivity index (χ3v) is 5.58. The normalized spacial score (nSPS) is 15.7. The lowest BCUT2D eigenvalue weighted by Crippen LogP contribution is -2.52. The van der Waals surface area contributed by atoms with E-state index >= 15 is 0 Å². The van der Waals surface area contributed by atoms with Crippen LogP contribution in [0.25, 0.3) is 0 Å². The number of rotatable bonds is 4. The predicted octanol–water partition coefficient (Wildman–Crippen LogP) is 3.19. The largest absolute Gasteiger partial charge is 0.357 e. The van der Waals surface area contributed by atoms with E-state index in [2.05, 4.69) is 60.5 Å². The van der Waals surface area contributed by atoms with E-state index in [9.17, 15) is 0 Å². The number of hydrogen-bond donors (Lipinski definition) is 1. The highest BCUT2D eigenvalue weighted by atomic mass is 79.9. The summed E-state index contributed by atoms with van der Waals surface area (Å²) in [6.45, 7) is 7.55. The number of pyridine rings is 1. The second kappa shape index (κ2) is 8.48. The third-order valence-electron chi connectivity index (χ3n) is 3.89. The van der Waals surface area contributed by atoms with Crippen LogP contribution in [-0.4, -0.2) is 48.6 Å². The zero-order valence-corrected chi connectivity index (χ0v) is 16.2. The fraction of sp³-hybridized carbons (Fsp3) is 0.412. The molecule has 1 fully saturated rings. The Balaban J connectivity index is 1.61. The van der Waals surface area contributed by atoms with Crippen molar-refractivity contribution >= 4 is 39.0 Å². The van der Waals surface area contributed by atoms with E-state index in [4.69, 9.17) is 4.99 Å². The van der Waals surface area contributed by atoms with Crippen molar-refractivity contribution in [3.05, 3.63) is 45.2 Å². The lowest BCUT2D eigenvalue weighted by Gasteiger charge is -2.37. The number of piperazine rings is 1. The van der Waals surface area contributed by atoms with Crippen LogP contribution in [0.4, 0.5) is 5.82 Å². The molecule has 0 unspecified atom stereocenters. The molecule has 1 aliphatic rings. The zero-order valence-electron chi connectivity index (χ0n) is 13.8. The van der Waals surface area contributed by atoms with Gasteiger partial charge in [-0.2, -0.15) is 0 Å². The number of aromatic nitrogens is 1. The number of anilines is 1. The summed E-state index contributed by atoms with van der Waals surface area (Å²) >= 11 is 5.24. The van der Waals surface area contributed by atoms with Crippen LogP contribution in [0.5, 0.6) is 0 Å². The summed E-state index contributed by atoms with van der Waals surface area (Å²) in [5, 5.41) is 5.52. The molecule has 7 heteroatoms. The van der Waals surface area contributed by atoms with Gasteiger partial charge < -0.3 is 15.1 Å². The number of thiophene rings is 1. The molecule has 0 atom stereocenters. The maximum Gasteiger partial charge on any atom is 0.194 e. The highest BCUT2D eigenvalue weighted by Crippen LogP contribution is 2.20. The van der Waals surface area contributed by atoms with Crippen LogP contribution in [0.3, 0.4) is 0 Å². The van der Waals surface area contributed by atoms with Gasteiger partial charge in [-0.05, 0) is 41.1 Å². The summed E-state index contributed by atoms with van der Waals surface area (Å²) in [5.74, 6) is 2.06. The second-order valence-electron chi connectivity index (χ2n) is 5.56. The maximum absolute atomic E-state index is 4.81. The molecule has 0 radical (unpaired) electrons. The van der Waals surface area contributed by atoms with Crippen molar-refractivity contribution < 1.29 is 0 Å². The molecule has 5 nitrogen and oxygen atoms in total. The van der Waals surface area contributed by atoms with E-state index in [0.717, 1.165) is 55.5 Å². The summed E-state index contributed by atoms with van der Waals surface area (Å²) in [6, 6.07) is 8.21. The molecule has 0 spiro atoms. The highest BCUT2D eigenvalue weighted by molar-refractivity contribution is 9.10. The minimum absolute atomic E-state index is 0.721. The van der Waals surface area contributed by atoms with E-state index < -0.39 is 0 Å². The van der Waals surface area contributed by atoms with Crippen LogP contribution in [0, 0.1) is 0 Å². The first-order valence-corrected chi connectivity index (χ1v) is 9.85. The number of guanidine groups is 1. The Bertz CT molecular complexity index is 665. The van der Waals surface area contributed by atoms with Crippen LogP contribution in [0.15, 0.2) is 45.3 Å². The number of hydrogen-bond acceptors (Lipinski definition) is 4. The van der Waals surface area contributed by atoms with Crippen molar-refractivity contribution in [2.45, 2.75) is 13.5 Å². The summed E-state index contributed by atoms with van der Waals surface area (Å²) in [5.41, 5.74) is 0. The van der Waals surface area contributed by atoms with Crippen molar-refractivity contribution in [3.8, 4) is 0 Å². The van der Waals surface area contributed by atoms with Crippen molar-refractivity contribution in [1.82, 2.24) is 15.2 Å². The first-order chi connectivity index (χ1) is 11.8. The molecule has 3 heterocycles. The minimum atomic E-state index is 0.721. The smallest absolute Gasteiger partial charge is 0.194 e. The maximum atomic E-state index is 4.81. The summed E-state index contributed by atoms with van der Waals surface area (Å²) in [7, 11) is 0. The lowest BCUT2D eigenvalue weighted by molar-refractivity contribution is 0.371. The molecule has 1 saturated heterocycles. The molecule has 0 amide bonds. The number of nitrogens with zero attached hydrogens (tertiary/aromatic N) is 4. The van der Waals surface area contributed by atoms with Gasteiger partial charge in [-0.15, -0.1) is 11.3 Å². The van der Waals surface area contributed by atoms with E-state index in [1.165, 1.54) is 4.88 Å². The first kappa shape index (κ1) is 17.2. The van der Waals surface area contributed by atoms with Gasteiger partial charge in [-0.3, -0.25) is 0 Å². The fourth-order valence-corrected chi connectivity index (χ4v) is 4.08. The first-order valence-electron chi connectivity index (χ1n) is 8.18. The molecule has 0 aliphatic carbocycles. The molecule has 1 aliphatic heterocycles. The Labute approximate surface area is 155 Å². The Hall–Kier alpha value is -1.60. The van der Waals surface area contributed by atoms with Gasteiger partial charge in [-0.25, -0.2) is 9.98 Å². The van der Waals surface area contributed by atoms with Crippen LogP contribution >= 0.6 is 27.3 Å². The molecular formula is C17H22BrN5S. The highest BCUT2D eigenvalue weighted by Gasteiger charge is 2.20. The van der Waals surface area contributed by atoms with Gasteiger partial charge in [0.25, 0.3) is 0 Å². The number of nitrogens with one attached hydrogen (secondary N) is 1. The Morgan fingerprint density at radius 1 is 1.33 bits per heavy atom. The fourth-order valence-electron chi connectivity index (χ4n) is 2.70. The summed E-state index contributed by atoms with van der Waals surface area (Å²) in [4.78, 5) is 15.2. The zero-order chi connectivity index (χ0) is 16.8. The topological polar surface area (TPSA) is 43.8 Å². The summed E-state index contributed by atoms with van der Waals surface area (Å²) in [6.07, 6.45) is 1.85. The number of aliphatic imine (C=N–C) groups is 1. The van der Waals surface area contributed by atoms with Crippen LogP contribution in [0.1, 0.15) is 11.8 Å². The van der Waals surface area contributed by atoms with E-state index in [1.54, 1.807) is 11.3 Å². The van der Waals surface area contributed by atoms with Gasteiger partial charge in [0.1, 0.15) is 5.82 Å². The van der Waals surface area contributed by atoms with E-state index in [0.29, 0.717) is 0 Å². The van der Waals surface area contributed by atoms with Crippen molar-refractivity contribution in [2.24, 2.45) is 4.99 Å². The van der Waals surface area contributed by atoms with Crippen molar-refractivity contribution in [1.29, 1.82) is 0 Å². The molecule has 0 aromatic carbocycles.